The molecule has 0 heterocycles. The van der Waals surface area contributed by atoms with Crippen molar-refractivity contribution in [3.8, 4) is 17.2 Å². The van der Waals surface area contributed by atoms with E-state index in [-0.39, 0.29) is 23.8 Å². The molecule has 0 radical (unpaired) electrons. The highest BCUT2D eigenvalue weighted by molar-refractivity contribution is 7.89. The second-order valence-electron chi connectivity index (χ2n) is 6.40. The first-order valence-electron chi connectivity index (χ1n) is 9.00. The highest BCUT2D eigenvalue weighted by atomic mass is 32.2. The predicted octanol–water partition coefficient (Wildman–Crippen LogP) is 2.94. The van der Waals surface area contributed by atoms with Crippen LogP contribution in [0, 0.1) is 0 Å². The van der Waals surface area contributed by atoms with Crippen LogP contribution in [0.3, 0.4) is 0 Å². The van der Waals surface area contributed by atoms with Crippen LogP contribution in [0.1, 0.15) is 24.0 Å². The van der Waals surface area contributed by atoms with Gasteiger partial charge in [0.25, 0.3) is 0 Å². The summed E-state index contributed by atoms with van der Waals surface area (Å²) in [4.78, 5) is 0.0399. The van der Waals surface area contributed by atoms with Gasteiger partial charge in [-0.05, 0) is 61.1 Å². The van der Waals surface area contributed by atoms with E-state index < -0.39 is 10.0 Å². The van der Waals surface area contributed by atoms with Crippen molar-refractivity contribution in [1.82, 2.24) is 4.72 Å². The van der Waals surface area contributed by atoms with Gasteiger partial charge < -0.3 is 14.2 Å². The Balaban J connectivity index is 1.60. The Kier molecular flexibility index (Phi) is 6.23. The van der Waals surface area contributed by atoms with Gasteiger partial charge in [0.05, 0.1) is 14.2 Å². The molecule has 2 aromatic rings. The van der Waals surface area contributed by atoms with Gasteiger partial charge in [0.1, 0.15) is 28.8 Å². The average molecular weight is 391 g/mol. The van der Waals surface area contributed by atoms with E-state index in [9.17, 15) is 8.42 Å². The normalized spacial score (nSPS) is 13.7. The van der Waals surface area contributed by atoms with E-state index in [1.807, 2.05) is 6.07 Å². The number of fused-ring (bicyclic) bond motifs is 1. The van der Waals surface area contributed by atoms with Gasteiger partial charge in [-0.1, -0.05) is 6.07 Å². The molecule has 0 unspecified atom stereocenters. The number of hydrogen-bond acceptors (Lipinski definition) is 5. The van der Waals surface area contributed by atoms with Gasteiger partial charge in [-0.15, -0.1) is 0 Å². The van der Waals surface area contributed by atoms with Crippen LogP contribution < -0.4 is 18.9 Å². The van der Waals surface area contributed by atoms with Crippen LogP contribution in [0.4, 0.5) is 0 Å². The first-order valence-corrected chi connectivity index (χ1v) is 10.5. The van der Waals surface area contributed by atoms with Gasteiger partial charge in [-0.2, -0.15) is 0 Å². The maximum Gasteiger partial charge on any atom is 0.244 e. The van der Waals surface area contributed by atoms with Gasteiger partial charge in [0.2, 0.25) is 10.0 Å². The van der Waals surface area contributed by atoms with Gasteiger partial charge in [0.15, 0.2) is 0 Å². The topological polar surface area (TPSA) is 73.9 Å². The smallest absolute Gasteiger partial charge is 0.244 e. The Bertz CT molecular complexity index is 895. The van der Waals surface area contributed by atoms with E-state index in [1.165, 1.54) is 44.3 Å². The lowest BCUT2D eigenvalue weighted by Gasteiger charge is -2.17. The third-order valence-corrected chi connectivity index (χ3v) is 6.13. The Hall–Kier alpha value is -2.25. The lowest BCUT2D eigenvalue weighted by molar-refractivity contribution is 0.322. The zero-order chi connectivity index (χ0) is 19.3. The molecule has 0 fully saturated rings. The Labute approximate surface area is 160 Å². The summed E-state index contributed by atoms with van der Waals surface area (Å²) in [6, 6.07) is 10.8. The fourth-order valence-electron chi connectivity index (χ4n) is 3.22. The molecule has 3 rings (SSSR count). The zero-order valence-electron chi connectivity index (χ0n) is 15.7. The molecule has 0 aromatic heterocycles. The quantitative estimate of drug-likeness (QED) is 0.701. The van der Waals surface area contributed by atoms with Crippen molar-refractivity contribution < 1.29 is 22.6 Å². The molecule has 0 aliphatic heterocycles. The summed E-state index contributed by atoms with van der Waals surface area (Å²) in [5.41, 5.74) is 2.72. The van der Waals surface area contributed by atoms with E-state index in [0.717, 1.165) is 18.6 Å². The number of nitrogens with one attached hydrogen (secondary N) is 1. The lowest BCUT2D eigenvalue weighted by Crippen LogP contribution is -2.28. The minimum absolute atomic E-state index is 0.0399. The molecule has 0 saturated heterocycles. The van der Waals surface area contributed by atoms with Crippen LogP contribution in [0.2, 0.25) is 0 Å². The summed E-state index contributed by atoms with van der Waals surface area (Å²) in [6.07, 6.45) is 4.65. The molecule has 146 valence electrons. The Morgan fingerprint density at radius 1 is 0.926 bits per heavy atom. The van der Waals surface area contributed by atoms with Gasteiger partial charge in [-0.3, -0.25) is 0 Å². The fraction of sp³-hybridized carbons (Fsp3) is 0.400. The third kappa shape index (κ3) is 4.73. The molecular formula is C20H25NO5S. The lowest BCUT2D eigenvalue weighted by atomic mass is 9.92. The standard InChI is InChI=1S/C20H25NO5S/c1-24-17-9-10-19(25-2)20(14-17)27(22,23)21-11-12-26-18-8-7-15-5-3-4-6-16(15)13-18/h7-10,13-14,21H,3-6,11-12H2,1-2H3. The molecule has 7 heteroatoms. The van der Waals surface area contributed by atoms with Crippen molar-refractivity contribution in [3.63, 3.8) is 0 Å². The second kappa shape index (κ2) is 8.63. The summed E-state index contributed by atoms with van der Waals surface area (Å²) < 4.78 is 43.7. The number of methoxy groups -OCH3 is 2. The molecule has 0 saturated carbocycles. The average Bonchev–Trinajstić information content (AvgIpc) is 2.70. The van der Waals surface area contributed by atoms with Crippen molar-refractivity contribution in [2.45, 2.75) is 30.6 Å². The summed E-state index contributed by atoms with van der Waals surface area (Å²) >= 11 is 0. The van der Waals surface area contributed by atoms with Crippen molar-refractivity contribution in [2.24, 2.45) is 0 Å². The van der Waals surface area contributed by atoms with Gasteiger partial charge in [-0.25, -0.2) is 13.1 Å². The maximum absolute atomic E-state index is 12.6. The molecule has 2 aromatic carbocycles. The van der Waals surface area contributed by atoms with E-state index in [4.69, 9.17) is 14.2 Å². The monoisotopic (exact) mass is 391 g/mol. The molecular weight excluding hydrogens is 366 g/mol. The van der Waals surface area contributed by atoms with Crippen molar-refractivity contribution in [3.05, 3.63) is 47.5 Å². The largest absolute Gasteiger partial charge is 0.497 e. The van der Waals surface area contributed by atoms with Crippen LogP contribution >= 0.6 is 0 Å². The zero-order valence-corrected chi connectivity index (χ0v) is 16.5. The first kappa shape index (κ1) is 19.5. The summed E-state index contributed by atoms with van der Waals surface area (Å²) in [6.45, 7) is 0.393. The number of sulfonamides is 1. The number of rotatable bonds is 8. The molecule has 0 bridgehead atoms. The number of aryl methyl sites for hydroxylation is 2. The minimum atomic E-state index is -3.74. The van der Waals surface area contributed by atoms with E-state index in [2.05, 4.69) is 16.9 Å². The highest BCUT2D eigenvalue weighted by Gasteiger charge is 2.20. The molecule has 0 amide bonds. The molecule has 27 heavy (non-hydrogen) atoms. The molecule has 1 aliphatic carbocycles. The molecule has 0 spiro atoms. The Morgan fingerprint density at radius 2 is 1.67 bits per heavy atom. The van der Waals surface area contributed by atoms with Crippen LogP contribution in [-0.4, -0.2) is 35.8 Å². The predicted molar refractivity (Wildman–Crippen MR) is 103 cm³/mol. The SMILES string of the molecule is COc1ccc(OC)c(S(=O)(=O)NCCOc2ccc3c(c2)CCCC3)c1. The van der Waals surface area contributed by atoms with Crippen LogP contribution in [0.15, 0.2) is 41.3 Å². The maximum atomic E-state index is 12.6. The number of hydrogen-bond donors (Lipinski definition) is 1. The molecule has 0 atom stereocenters. The van der Waals surface area contributed by atoms with Crippen molar-refractivity contribution >= 4 is 10.0 Å². The van der Waals surface area contributed by atoms with Crippen molar-refractivity contribution in [1.29, 1.82) is 0 Å². The van der Waals surface area contributed by atoms with E-state index in [1.54, 1.807) is 12.1 Å². The number of benzene rings is 2. The summed E-state index contributed by atoms with van der Waals surface area (Å²) in [5.74, 6) is 1.48. The molecule has 1 aliphatic rings. The molecule has 6 nitrogen and oxygen atoms in total. The minimum Gasteiger partial charge on any atom is -0.497 e. The van der Waals surface area contributed by atoms with Crippen LogP contribution in [0.5, 0.6) is 17.2 Å². The molecule has 1 N–H and O–H groups in total. The highest BCUT2D eigenvalue weighted by Crippen LogP contribution is 2.28. The van der Waals surface area contributed by atoms with Crippen LogP contribution in [-0.2, 0) is 22.9 Å². The first-order chi connectivity index (χ1) is 13.0. The fourth-order valence-corrected chi connectivity index (χ4v) is 4.41. The van der Waals surface area contributed by atoms with E-state index in [0.29, 0.717) is 5.75 Å². The van der Waals surface area contributed by atoms with Crippen molar-refractivity contribution in [2.75, 3.05) is 27.4 Å². The second-order valence-corrected chi connectivity index (χ2v) is 8.14. The number of ether oxygens (including phenoxy) is 3. The van der Waals surface area contributed by atoms with Gasteiger partial charge in [0, 0.05) is 12.6 Å². The van der Waals surface area contributed by atoms with E-state index >= 15 is 0 Å². The third-order valence-electron chi connectivity index (χ3n) is 4.64. The van der Waals surface area contributed by atoms with Crippen LogP contribution in [0.25, 0.3) is 0 Å². The Morgan fingerprint density at radius 3 is 2.41 bits per heavy atom. The summed E-state index contributed by atoms with van der Waals surface area (Å²) in [5, 5.41) is 0. The summed E-state index contributed by atoms with van der Waals surface area (Å²) in [7, 11) is -0.825. The van der Waals surface area contributed by atoms with Gasteiger partial charge >= 0.3 is 0 Å².